The summed E-state index contributed by atoms with van der Waals surface area (Å²) in [4.78, 5) is 21.5. The van der Waals surface area contributed by atoms with E-state index in [0.29, 0.717) is 16.6 Å². The first kappa shape index (κ1) is 20.1. The fraction of sp³-hybridized carbons (Fsp3) is 0.316. The van der Waals surface area contributed by atoms with E-state index in [2.05, 4.69) is 20.0 Å². The number of ether oxygens (including phenoxy) is 2. The molecule has 0 bridgehead atoms. The minimum absolute atomic E-state index is 0.177. The van der Waals surface area contributed by atoms with E-state index in [1.165, 1.54) is 41.4 Å². The maximum Gasteiger partial charge on any atom is 0.573 e. The number of aliphatic hydroxyl groups excluding tert-OH is 1. The molecule has 2 atom stereocenters. The number of alkyl halides is 3. The van der Waals surface area contributed by atoms with Crippen LogP contribution in [0.25, 0.3) is 22.0 Å². The molecule has 0 amide bonds. The van der Waals surface area contributed by atoms with Crippen molar-refractivity contribution in [3.63, 3.8) is 0 Å². The lowest BCUT2D eigenvalue weighted by Crippen LogP contribution is -2.33. The molecular formula is C19H17F3N4O4. The molecule has 3 aromatic rings. The Labute approximate surface area is 167 Å². The summed E-state index contributed by atoms with van der Waals surface area (Å²) in [6.07, 6.45) is -2.71. The van der Waals surface area contributed by atoms with Crippen molar-refractivity contribution >= 4 is 16.7 Å². The summed E-state index contributed by atoms with van der Waals surface area (Å²) < 4.78 is 47.5. The van der Waals surface area contributed by atoms with E-state index in [-0.39, 0.29) is 35.7 Å². The van der Waals surface area contributed by atoms with Crippen LogP contribution in [0.1, 0.15) is 0 Å². The van der Waals surface area contributed by atoms with Gasteiger partial charge in [-0.15, -0.1) is 13.2 Å². The average Bonchev–Trinajstić information content (AvgIpc) is 3.09. The van der Waals surface area contributed by atoms with Crippen LogP contribution >= 0.6 is 0 Å². The topological polar surface area (TPSA) is 98.5 Å². The van der Waals surface area contributed by atoms with Gasteiger partial charge in [-0.2, -0.15) is 0 Å². The van der Waals surface area contributed by atoms with E-state index in [1.807, 2.05) is 0 Å². The van der Waals surface area contributed by atoms with Crippen LogP contribution in [-0.4, -0.2) is 51.4 Å². The third-order valence-electron chi connectivity index (χ3n) is 4.72. The van der Waals surface area contributed by atoms with E-state index >= 15 is 0 Å². The van der Waals surface area contributed by atoms with Crippen molar-refractivity contribution in [2.24, 2.45) is 7.05 Å². The van der Waals surface area contributed by atoms with Gasteiger partial charge < -0.3 is 24.5 Å². The van der Waals surface area contributed by atoms with Gasteiger partial charge in [-0.3, -0.25) is 4.79 Å². The molecule has 0 spiro atoms. The minimum atomic E-state index is -4.79. The Hall–Kier alpha value is -3.18. The third kappa shape index (κ3) is 3.94. The van der Waals surface area contributed by atoms with E-state index < -0.39 is 18.5 Å². The van der Waals surface area contributed by atoms with Crippen LogP contribution in [0.3, 0.4) is 0 Å². The Morgan fingerprint density at radius 1 is 1.23 bits per heavy atom. The van der Waals surface area contributed by atoms with Crippen molar-refractivity contribution in [2.45, 2.75) is 18.5 Å². The first-order valence-electron chi connectivity index (χ1n) is 8.96. The van der Waals surface area contributed by atoms with Crippen molar-refractivity contribution in [1.29, 1.82) is 0 Å². The Balaban J connectivity index is 1.77. The zero-order chi connectivity index (χ0) is 21.5. The number of aromatic nitrogens is 3. The highest BCUT2D eigenvalue weighted by molar-refractivity contribution is 5.98. The van der Waals surface area contributed by atoms with Gasteiger partial charge in [0, 0.05) is 18.8 Å². The molecule has 1 aliphatic rings. The van der Waals surface area contributed by atoms with Crippen molar-refractivity contribution in [3.05, 3.63) is 47.1 Å². The second-order valence-electron chi connectivity index (χ2n) is 6.83. The highest BCUT2D eigenvalue weighted by Crippen LogP contribution is 2.31. The molecule has 158 valence electrons. The molecule has 8 nitrogen and oxygen atoms in total. The molecule has 2 N–H and O–H groups in total. The number of rotatable bonds is 4. The lowest BCUT2D eigenvalue weighted by Gasteiger charge is -2.17. The fourth-order valence-corrected chi connectivity index (χ4v) is 3.22. The highest BCUT2D eigenvalue weighted by atomic mass is 19.4. The van der Waals surface area contributed by atoms with E-state index in [9.17, 15) is 23.1 Å². The molecule has 0 saturated carbocycles. The number of halogens is 3. The zero-order valence-electron chi connectivity index (χ0n) is 15.7. The third-order valence-corrected chi connectivity index (χ3v) is 4.72. The van der Waals surface area contributed by atoms with Crippen LogP contribution in [0.5, 0.6) is 5.75 Å². The van der Waals surface area contributed by atoms with Gasteiger partial charge in [0.05, 0.1) is 37.2 Å². The SMILES string of the molecule is Cn1cnc2c(-c3ccc(OC(F)(F)F)cc3)cnc(N[C@H]3COC[C@@H]3O)c2c1=O. The van der Waals surface area contributed by atoms with Crippen LogP contribution in [0.4, 0.5) is 19.0 Å². The van der Waals surface area contributed by atoms with Gasteiger partial charge in [-0.1, -0.05) is 12.1 Å². The molecule has 1 aliphatic heterocycles. The van der Waals surface area contributed by atoms with Gasteiger partial charge in [-0.25, -0.2) is 9.97 Å². The summed E-state index contributed by atoms with van der Waals surface area (Å²) in [6.45, 7) is 0.434. The molecule has 30 heavy (non-hydrogen) atoms. The Kier molecular flexibility index (Phi) is 5.08. The van der Waals surface area contributed by atoms with Crippen LogP contribution in [0, 0.1) is 0 Å². The largest absolute Gasteiger partial charge is 0.573 e. The molecule has 1 saturated heterocycles. The smallest absolute Gasteiger partial charge is 0.406 e. The molecule has 1 aromatic carbocycles. The van der Waals surface area contributed by atoms with Crippen molar-refractivity contribution in [3.8, 4) is 16.9 Å². The summed E-state index contributed by atoms with van der Waals surface area (Å²) in [6, 6.07) is 4.77. The second kappa shape index (κ2) is 7.58. The second-order valence-corrected chi connectivity index (χ2v) is 6.83. The molecule has 0 aliphatic carbocycles. The van der Waals surface area contributed by atoms with Gasteiger partial charge >= 0.3 is 6.36 Å². The lowest BCUT2D eigenvalue weighted by molar-refractivity contribution is -0.274. The van der Waals surface area contributed by atoms with E-state index in [0.717, 1.165) is 0 Å². The summed E-state index contributed by atoms with van der Waals surface area (Å²) in [5, 5.41) is 13.2. The standard InChI is InChI=1S/C19H17F3N4O4/c1-26-9-24-16-12(10-2-4-11(5-3-10)30-19(20,21)22)6-23-17(15(16)18(26)28)25-13-7-29-8-14(13)27/h2-6,9,13-14,27H,7-8H2,1H3,(H,23,25)/t13-,14-/m0/s1. The maximum atomic E-state index is 12.8. The number of fused-ring (bicyclic) bond motifs is 1. The maximum absolute atomic E-state index is 12.8. The van der Waals surface area contributed by atoms with E-state index in [1.54, 1.807) is 7.05 Å². The van der Waals surface area contributed by atoms with Crippen LogP contribution < -0.4 is 15.6 Å². The molecule has 3 heterocycles. The van der Waals surface area contributed by atoms with Crippen molar-refractivity contribution < 1.29 is 27.8 Å². The number of pyridine rings is 1. The minimum Gasteiger partial charge on any atom is -0.406 e. The van der Waals surface area contributed by atoms with Gasteiger partial charge in [-0.05, 0) is 17.7 Å². The number of hydrogen-bond donors (Lipinski definition) is 2. The normalized spacial score (nSPS) is 19.2. The summed E-state index contributed by atoms with van der Waals surface area (Å²) >= 11 is 0. The number of nitrogens with zero attached hydrogens (tertiary/aromatic N) is 3. The number of aryl methyl sites for hydroxylation is 1. The monoisotopic (exact) mass is 422 g/mol. The summed E-state index contributed by atoms with van der Waals surface area (Å²) in [5.74, 6) is -0.116. The quantitative estimate of drug-likeness (QED) is 0.664. The first-order valence-corrected chi connectivity index (χ1v) is 8.96. The van der Waals surface area contributed by atoms with Gasteiger partial charge in [0.15, 0.2) is 0 Å². The molecule has 4 rings (SSSR count). The number of hydrogen-bond acceptors (Lipinski definition) is 7. The zero-order valence-corrected chi connectivity index (χ0v) is 15.7. The fourth-order valence-electron chi connectivity index (χ4n) is 3.22. The Morgan fingerprint density at radius 2 is 1.97 bits per heavy atom. The molecule has 11 heteroatoms. The number of nitrogens with one attached hydrogen (secondary N) is 1. The lowest BCUT2D eigenvalue weighted by atomic mass is 10.0. The number of aliphatic hydroxyl groups is 1. The number of benzene rings is 1. The highest BCUT2D eigenvalue weighted by Gasteiger charge is 2.31. The van der Waals surface area contributed by atoms with Crippen LogP contribution in [0.15, 0.2) is 41.6 Å². The first-order chi connectivity index (χ1) is 14.2. The average molecular weight is 422 g/mol. The van der Waals surface area contributed by atoms with E-state index in [4.69, 9.17) is 4.74 Å². The molecular weight excluding hydrogens is 405 g/mol. The van der Waals surface area contributed by atoms with Crippen LogP contribution in [0.2, 0.25) is 0 Å². The summed E-state index contributed by atoms with van der Waals surface area (Å²) in [5.41, 5.74) is 0.948. The Bertz CT molecular complexity index is 1130. The molecule has 0 radical (unpaired) electrons. The molecule has 0 unspecified atom stereocenters. The predicted molar refractivity (Wildman–Crippen MR) is 101 cm³/mol. The summed E-state index contributed by atoms with van der Waals surface area (Å²) in [7, 11) is 1.54. The number of anilines is 1. The van der Waals surface area contributed by atoms with Gasteiger partial charge in [0.2, 0.25) is 0 Å². The predicted octanol–water partition coefficient (Wildman–Crippen LogP) is 2.07. The molecule has 2 aromatic heterocycles. The van der Waals surface area contributed by atoms with Gasteiger partial charge in [0.25, 0.3) is 5.56 Å². The van der Waals surface area contributed by atoms with Crippen LogP contribution in [-0.2, 0) is 11.8 Å². The van der Waals surface area contributed by atoms with Crippen molar-refractivity contribution in [2.75, 3.05) is 18.5 Å². The molecule has 1 fully saturated rings. The van der Waals surface area contributed by atoms with Gasteiger partial charge in [0.1, 0.15) is 17.0 Å². The Morgan fingerprint density at radius 3 is 2.60 bits per heavy atom. The van der Waals surface area contributed by atoms with Crippen molar-refractivity contribution in [1.82, 2.24) is 14.5 Å².